The van der Waals surface area contributed by atoms with E-state index in [0.29, 0.717) is 11.1 Å². The van der Waals surface area contributed by atoms with Gasteiger partial charge in [0.25, 0.3) is 5.91 Å². The first-order valence-electron chi connectivity index (χ1n) is 8.58. The molecule has 144 valence electrons. The fourth-order valence-corrected chi connectivity index (χ4v) is 2.85. The van der Waals surface area contributed by atoms with Crippen LogP contribution < -0.4 is 10.2 Å². The highest BCUT2D eigenvalue weighted by molar-refractivity contribution is 5.95. The molecular weight excluding hydrogens is 364 g/mol. The number of hydrogen-bond acceptors (Lipinski definition) is 3. The lowest BCUT2D eigenvalue weighted by molar-refractivity contribution is -0.0499. The van der Waals surface area contributed by atoms with E-state index in [0.717, 1.165) is 17.1 Å². The molecule has 0 aliphatic carbocycles. The van der Waals surface area contributed by atoms with Crippen molar-refractivity contribution < 1.29 is 18.3 Å². The van der Waals surface area contributed by atoms with Crippen LogP contribution in [0.2, 0.25) is 0 Å². The maximum absolute atomic E-state index is 12.4. The van der Waals surface area contributed by atoms with E-state index in [4.69, 9.17) is 0 Å². The molecule has 1 heterocycles. The van der Waals surface area contributed by atoms with Gasteiger partial charge in [-0.05, 0) is 62.4 Å². The van der Waals surface area contributed by atoms with Gasteiger partial charge in [0, 0.05) is 28.2 Å². The molecule has 0 unspecified atom stereocenters. The number of benzene rings is 2. The van der Waals surface area contributed by atoms with E-state index < -0.39 is 12.5 Å². The molecule has 0 fully saturated rings. The summed E-state index contributed by atoms with van der Waals surface area (Å²) >= 11 is 0. The molecule has 5 nitrogen and oxygen atoms in total. The highest BCUT2D eigenvalue weighted by Gasteiger charge is 2.09. The van der Waals surface area contributed by atoms with Gasteiger partial charge in [0.1, 0.15) is 5.75 Å². The number of carbonyl (C=O) groups excluding carboxylic acids is 1. The average Bonchev–Trinajstić information content (AvgIpc) is 3.01. The van der Waals surface area contributed by atoms with Gasteiger partial charge in [-0.1, -0.05) is 12.1 Å². The van der Waals surface area contributed by atoms with Crippen LogP contribution in [0.4, 0.5) is 8.78 Å². The summed E-state index contributed by atoms with van der Waals surface area (Å²) in [6, 6.07) is 17.4. The topological polar surface area (TPSA) is 55.6 Å². The fourth-order valence-electron chi connectivity index (χ4n) is 2.85. The van der Waals surface area contributed by atoms with Gasteiger partial charge in [-0.15, -0.1) is 0 Å². The van der Waals surface area contributed by atoms with Gasteiger partial charge < -0.3 is 9.30 Å². The van der Waals surface area contributed by atoms with Crippen LogP contribution in [0.5, 0.6) is 5.75 Å². The smallest absolute Gasteiger partial charge is 0.387 e. The Hall–Kier alpha value is -3.48. The molecule has 0 aliphatic rings. The van der Waals surface area contributed by atoms with E-state index in [1.165, 1.54) is 12.3 Å². The zero-order chi connectivity index (χ0) is 20.1. The van der Waals surface area contributed by atoms with Gasteiger partial charge in [0.15, 0.2) is 0 Å². The number of hydrazone groups is 1. The minimum Gasteiger partial charge on any atom is -0.434 e. The van der Waals surface area contributed by atoms with Crippen molar-refractivity contribution in [3.05, 3.63) is 83.2 Å². The second-order valence-electron chi connectivity index (χ2n) is 6.11. The molecule has 0 saturated heterocycles. The predicted octanol–water partition coefficient (Wildman–Crippen LogP) is 4.46. The van der Waals surface area contributed by atoms with Crippen LogP contribution in [0.1, 0.15) is 27.3 Å². The van der Waals surface area contributed by atoms with Crippen molar-refractivity contribution >= 4 is 12.1 Å². The lowest BCUT2D eigenvalue weighted by Crippen LogP contribution is -2.17. The van der Waals surface area contributed by atoms with Crippen molar-refractivity contribution in [3.63, 3.8) is 0 Å². The summed E-state index contributed by atoms with van der Waals surface area (Å²) < 4.78 is 31.3. The molecule has 1 aromatic heterocycles. The van der Waals surface area contributed by atoms with Crippen LogP contribution in [0.3, 0.4) is 0 Å². The number of nitrogens with zero attached hydrogens (tertiary/aromatic N) is 2. The lowest BCUT2D eigenvalue weighted by Gasteiger charge is -2.10. The van der Waals surface area contributed by atoms with Crippen molar-refractivity contribution in [2.75, 3.05) is 0 Å². The minimum absolute atomic E-state index is 0.0164. The maximum atomic E-state index is 12.4. The number of hydrogen-bond donors (Lipinski definition) is 1. The molecule has 28 heavy (non-hydrogen) atoms. The van der Waals surface area contributed by atoms with E-state index in [2.05, 4.69) is 19.8 Å². The number of ether oxygens (including phenoxy) is 1. The van der Waals surface area contributed by atoms with Crippen LogP contribution in [-0.4, -0.2) is 23.3 Å². The van der Waals surface area contributed by atoms with Gasteiger partial charge in [-0.3, -0.25) is 4.79 Å². The number of amides is 1. The minimum atomic E-state index is -2.93. The number of aryl methyl sites for hydroxylation is 2. The number of para-hydroxylation sites is 1. The average molecular weight is 383 g/mol. The molecule has 2 aromatic carbocycles. The summed E-state index contributed by atoms with van der Waals surface area (Å²) in [6.45, 7) is 1.09. The summed E-state index contributed by atoms with van der Waals surface area (Å²) in [6.07, 6.45) is 1.26. The van der Waals surface area contributed by atoms with Gasteiger partial charge in [-0.25, -0.2) is 5.43 Å². The van der Waals surface area contributed by atoms with E-state index in [1.54, 1.807) is 30.3 Å². The van der Waals surface area contributed by atoms with Crippen LogP contribution >= 0.6 is 0 Å². The molecule has 0 bridgehead atoms. The molecular formula is C21H19F2N3O2. The highest BCUT2D eigenvalue weighted by atomic mass is 19.3. The molecule has 0 atom stereocenters. The molecule has 0 aliphatic heterocycles. The first-order valence-corrected chi connectivity index (χ1v) is 8.58. The number of carbonyl (C=O) groups is 1. The Bertz CT molecular complexity index is 976. The molecule has 0 saturated carbocycles. The number of aromatic nitrogens is 1. The Labute approximate surface area is 161 Å². The van der Waals surface area contributed by atoms with Crippen LogP contribution in [-0.2, 0) is 0 Å². The van der Waals surface area contributed by atoms with Gasteiger partial charge >= 0.3 is 6.61 Å². The molecule has 0 spiro atoms. The van der Waals surface area contributed by atoms with Gasteiger partial charge in [0.05, 0.1) is 6.21 Å². The fraction of sp³-hybridized carbons (Fsp3) is 0.143. The summed E-state index contributed by atoms with van der Waals surface area (Å²) in [7, 11) is 0. The lowest BCUT2D eigenvalue weighted by atomic mass is 10.2. The van der Waals surface area contributed by atoms with E-state index in [9.17, 15) is 13.6 Å². The molecule has 1 N–H and O–H groups in total. The Morgan fingerprint density at radius 1 is 1.04 bits per heavy atom. The third-order valence-corrected chi connectivity index (χ3v) is 4.16. The Morgan fingerprint density at radius 2 is 1.68 bits per heavy atom. The van der Waals surface area contributed by atoms with Crippen LogP contribution in [0.25, 0.3) is 5.69 Å². The largest absolute Gasteiger partial charge is 0.434 e. The third-order valence-electron chi connectivity index (χ3n) is 4.16. The van der Waals surface area contributed by atoms with Crippen LogP contribution in [0.15, 0.2) is 65.8 Å². The Morgan fingerprint density at radius 3 is 2.32 bits per heavy atom. The van der Waals surface area contributed by atoms with Gasteiger partial charge in [-0.2, -0.15) is 13.9 Å². The van der Waals surface area contributed by atoms with E-state index in [-0.39, 0.29) is 5.75 Å². The van der Waals surface area contributed by atoms with Crippen molar-refractivity contribution in [2.24, 2.45) is 5.10 Å². The number of alkyl halides is 2. The van der Waals surface area contributed by atoms with Crippen molar-refractivity contribution in [1.82, 2.24) is 9.99 Å². The van der Waals surface area contributed by atoms with E-state index >= 15 is 0 Å². The number of nitrogens with one attached hydrogen (secondary N) is 1. The first-order chi connectivity index (χ1) is 13.5. The predicted molar refractivity (Wildman–Crippen MR) is 103 cm³/mol. The summed E-state index contributed by atoms with van der Waals surface area (Å²) in [5.41, 5.74) is 6.31. The number of rotatable bonds is 6. The Kier molecular flexibility index (Phi) is 5.84. The quantitative estimate of drug-likeness (QED) is 0.505. The first kappa shape index (κ1) is 19.3. The summed E-state index contributed by atoms with van der Waals surface area (Å²) in [4.78, 5) is 12.2. The zero-order valence-electron chi connectivity index (χ0n) is 15.4. The van der Waals surface area contributed by atoms with Crippen molar-refractivity contribution in [2.45, 2.75) is 20.5 Å². The summed E-state index contributed by atoms with van der Waals surface area (Å²) in [5, 5.41) is 3.83. The van der Waals surface area contributed by atoms with Gasteiger partial charge in [0.2, 0.25) is 0 Å². The van der Waals surface area contributed by atoms with E-state index in [1.807, 2.05) is 38.1 Å². The Balaban J connectivity index is 1.68. The van der Waals surface area contributed by atoms with Crippen LogP contribution in [0, 0.1) is 13.8 Å². The SMILES string of the molecule is Cc1ccc(C)n1-c1ccc(C(=O)N/N=C/c2ccccc2OC(F)F)cc1. The molecule has 0 radical (unpaired) electrons. The second-order valence-corrected chi connectivity index (χ2v) is 6.11. The molecule has 3 rings (SSSR count). The molecule has 1 amide bonds. The summed E-state index contributed by atoms with van der Waals surface area (Å²) in [5.74, 6) is -0.423. The maximum Gasteiger partial charge on any atom is 0.387 e. The molecule has 3 aromatic rings. The second kappa shape index (κ2) is 8.47. The normalized spacial score (nSPS) is 11.2. The van der Waals surface area contributed by atoms with Crippen molar-refractivity contribution in [1.29, 1.82) is 0 Å². The standard InChI is InChI=1S/C21H19F2N3O2/c1-14-7-8-15(2)26(14)18-11-9-16(10-12-18)20(27)25-24-13-17-5-3-4-6-19(17)28-21(22)23/h3-13,21H,1-2H3,(H,25,27)/b24-13+. The highest BCUT2D eigenvalue weighted by Crippen LogP contribution is 2.19. The van der Waals surface area contributed by atoms with Crippen molar-refractivity contribution in [3.8, 4) is 11.4 Å². The molecule has 7 heteroatoms. The third kappa shape index (κ3) is 4.43. The number of halogens is 2. The zero-order valence-corrected chi connectivity index (χ0v) is 15.4. The monoisotopic (exact) mass is 383 g/mol.